The molecule has 0 bridgehead atoms. The normalized spacial score (nSPS) is 16.2. The number of fused-ring (bicyclic) bond motifs is 1. The molecule has 1 atom stereocenters. The number of hydrogen-bond acceptors (Lipinski definition) is 6. The molecule has 7 nitrogen and oxygen atoms in total. The van der Waals surface area contributed by atoms with Crippen molar-refractivity contribution < 1.29 is 18.0 Å². The van der Waals surface area contributed by atoms with E-state index < -0.39 is 9.84 Å². The molecule has 1 aromatic heterocycles. The average Bonchev–Trinajstić information content (AvgIpc) is 2.70. The Bertz CT molecular complexity index is 978. The van der Waals surface area contributed by atoms with Gasteiger partial charge in [-0.2, -0.15) is 0 Å². The third-order valence-corrected chi connectivity index (χ3v) is 7.47. The zero-order valence-electron chi connectivity index (χ0n) is 15.3. The fraction of sp³-hybridized carbons (Fsp3) is 0.316. The number of aromatic nitrogens is 1. The minimum absolute atomic E-state index is 0.0992. The Morgan fingerprint density at radius 2 is 2.14 bits per heavy atom. The van der Waals surface area contributed by atoms with Crippen molar-refractivity contribution in [1.82, 2.24) is 10.3 Å². The highest BCUT2D eigenvalue weighted by Crippen LogP contribution is 2.38. The third-order valence-electron chi connectivity index (χ3n) is 4.31. The molecule has 1 unspecified atom stereocenters. The van der Waals surface area contributed by atoms with Gasteiger partial charge in [0.1, 0.15) is 0 Å². The molecule has 0 aliphatic carbocycles. The molecule has 1 aliphatic heterocycles. The van der Waals surface area contributed by atoms with Gasteiger partial charge in [-0.15, -0.1) is 11.8 Å². The van der Waals surface area contributed by atoms with Crippen molar-refractivity contribution in [2.75, 3.05) is 11.1 Å². The number of pyridine rings is 1. The molecule has 2 amide bonds. The molecule has 0 radical (unpaired) electrons. The van der Waals surface area contributed by atoms with E-state index >= 15 is 0 Å². The maximum Gasteiger partial charge on any atom is 0.237 e. The number of thioether (sulfide) groups is 1. The molecule has 148 valence electrons. The molecule has 9 heteroatoms. The number of nitrogens with zero attached hydrogens (tertiary/aromatic N) is 1. The molecule has 3 rings (SSSR count). The van der Waals surface area contributed by atoms with Gasteiger partial charge in [0.2, 0.25) is 11.8 Å². The van der Waals surface area contributed by atoms with Crippen molar-refractivity contribution in [3.63, 3.8) is 0 Å². The van der Waals surface area contributed by atoms with Crippen LogP contribution in [-0.4, -0.2) is 36.2 Å². The summed E-state index contributed by atoms with van der Waals surface area (Å²) in [6, 6.07) is 8.29. The van der Waals surface area contributed by atoms with Gasteiger partial charge in [-0.05, 0) is 36.2 Å². The monoisotopic (exact) mass is 419 g/mol. The first-order valence-electron chi connectivity index (χ1n) is 8.89. The predicted molar refractivity (Wildman–Crippen MR) is 108 cm³/mol. The van der Waals surface area contributed by atoms with Gasteiger partial charge in [-0.1, -0.05) is 13.0 Å². The number of hydrogen-bond donors (Lipinski definition) is 2. The number of benzene rings is 1. The molecule has 28 heavy (non-hydrogen) atoms. The van der Waals surface area contributed by atoms with Crippen LogP contribution in [-0.2, 0) is 26.0 Å². The van der Waals surface area contributed by atoms with Crippen LogP contribution in [0.15, 0.2) is 52.5 Å². The maximum atomic E-state index is 12.6. The number of rotatable bonds is 7. The van der Waals surface area contributed by atoms with Crippen molar-refractivity contribution in [1.29, 1.82) is 0 Å². The van der Waals surface area contributed by atoms with Crippen molar-refractivity contribution in [3.8, 4) is 0 Å². The van der Waals surface area contributed by atoms with E-state index in [1.807, 2.05) is 13.0 Å². The third kappa shape index (κ3) is 4.90. The van der Waals surface area contributed by atoms with E-state index in [0.29, 0.717) is 18.7 Å². The van der Waals surface area contributed by atoms with Crippen LogP contribution < -0.4 is 10.6 Å². The number of carbonyl (C=O) groups excluding carboxylic acids is 2. The highest BCUT2D eigenvalue weighted by atomic mass is 32.2. The molecule has 0 spiro atoms. The number of sulfone groups is 1. The minimum Gasteiger partial charge on any atom is -0.352 e. The molecule has 2 N–H and O–H groups in total. The smallest absolute Gasteiger partial charge is 0.237 e. The van der Waals surface area contributed by atoms with Crippen molar-refractivity contribution >= 4 is 39.1 Å². The van der Waals surface area contributed by atoms with E-state index in [1.165, 1.54) is 23.9 Å². The van der Waals surface area contributed by atoms with E-state index in [-0.39, 0.29) is 34.1 Å². The molecule has 1 aromatic carbocycles. The highest BCUT2D eigenvalue weighted by Gasteiger charge is 2.27. The molecule has 0 saturated carbocycles. The summed E-state index contributed by atoms with van der Waals surface area (Å²) in [5.74, 6) is -0.770. The van der Waals surface area contributed by atoms with Gasteiger partial charge >= 0.3 is 0 Å². The first kappa shape index (κ1) is 20.3. The molecule has 2 heterocycles. The second-order valence-electron chi connectivity index (χ2n) is 6.37. The van der Waals surface area contributed by atoms with Crippen LogP contribution in [0.2, 0.25) is 0 Å². The standard InChI is InChI=1S/C19H21N3O4S2/c1-2-16-19(24)22-15-10-14(5-6-17(15)27-16)28(25,26)9-7-18(23)21-12-13-4-3-8-20-11-13/h3-6,8,10-11,16H,2,7,9,12H2,1H3,(H,21,23)(H,22,24). The fourth-order valence-corrected chi connectivity index (χ4v) is 5.01. The molecule has 1 aliphatic rings. The lowest BCUT2D eigenvalue weighted by Gasteiger charge is -2.23. The molecular weight excluding hydrogens is 398 g/mol. The van der Waals surface area contributed by atoms with Crippen LogP contribution in [0, 0.1) is 0 Å². The minimum atomic E-state index is -3.64. The van der Waals surface area contributed by atoms with Gasteiger partial charge in [-0.3, -0.25) is 14.6 Å². The van der Waals surface area contributed by atoms with Gasteiger partial charge in [-0.25, -0.2) is 8.42 Å². The zero-order valence-corrected chi connectivity index (χ0v) is 17.0. The lowest BCUT2D eigenvalue weighted by Crippen LogP contribution is -2.28. The average molecular weight is 420 g/mol. The summed E-state index contributed by atoms with van der Waals surface area (Å²) in [6.45, 7) is 2.23. The first-order valence-corrected chi connectivity index (χ1v) is 11.4. The SMILES string of the molecule is CCC1Sc2ccc(S(=O)(=O)CCC(=O)NCc3cccnc3)cc2NC1=O. The largest absolute Gasteiger partial charge is 0.352 e. The summed E-state index contributed by atoms with van der Waals surface area (Å²) in [4.78, 5) is 28.9. The number of nitrogens with one attached hydrogen (secondary N) is 2. The van der Waals surface area contributed by atoms with E-state index in [9.17, 15) is 18.0 Å². The lowest BCUT2D eigenvalue weighted by molar-refractivity contribution is -0.121. The van der Waals surface area contributed by atoms with Crippen molar-refractivity contribution in [2.45, 2.75) is 41.4 Å². The summed E-state index contributed by atoms with van der Waals surface area (Å²) < 4.78 is 25.2. The van der Waals surface area contributed by atoms with Gasteiger partial charge < -0.3 is 10.6 Å². The van der Waals surface area contributed by atoms with E-state index in [0.717, 1.165) is 10.5 Å². The number of anilines is 1. The van der Waals surface area contributed by atoms with E-state index in [1.54, 1.807) is 24.5 Å². The summed E-state index contributed by atoms with van der Waals surface area (Å²) in [7, 11) is -3.64. The summed E-state index contributed by atoms with van der Waals surface area (Å²) in [5.41, 5.74) is 1.34. The Morgan fingerprint density at radius 3 is 2.86 bits per heavy atom. The fourth-order valence-electron chi connectivity index (χ4n) is 2.73. The van der Waals surface area contributed by atoms with Gasteiger partial charge in [0.15, 0.2) is 9.84 Å². The van der Waals surface area contributed by atoms with Crippen LogP contribution in [0.4, 0.5) is 5.69 Å². The van der Waals surface area contributed by atoms with Crippen molar-refractivity contribution in [3.05, 3.63) is 48.3 Å². The lowest BCUT2D eigenvalue weighted by atomic mass is 10.2. The van der Waals surface area contributed by atoms with Crippen LogP contribution >= 0.6 is 11.8 Å². The number of carbonyl (C=O) groups is 2. The highest BCUT2D eigenvalue weighted by molar-refractivity contribution is 8.01. The molecule has 2 aromatic rings. The van der Waals surface area contributed by atoms with Gasteiger partial charge in [0.25, 0.3) is 0 Å². The second kappa shape index (κ2) is 8.74. The zero-order chi connectivity index (χ0) is 20.1. The first-order chi connectivity index (χ1) is 13.4. The summed E-state index contributed by atoms with van der Waals surface area (Å²) in [5, 5.41) is 5.29. The summed E-state index contributed by atoms with van der Waals surface area (Å²) >= 11 is 1.43. The van der Waals surface area contributed by atoms with Crippen LogP contribution in [0.1, 0.15) is 25.3 Å². The maximum absolute atomic E-state index is 12.6. The van der Waals surface area contributed by atoms with Gasteiger partial charge in [0.05, 0.1) is 21.6 Å². The number of amides is 2. The van der Waals surface area contributed by atoms with Crippen LogP contribution in [0.25, 0.3) is 0 Å². The van der Waals surface area contributed by atoms with Crippen LogP contribution in [0.3, 0.4) is 0 Å². The Morgan fingerprint density at radius 1 is 1.32 bits per heavy atom. The summed E-state index contributed by atoms with van der Waals surface area (Å²) in [6.07, 6.45) is 3.84. The topological polar surface area (TPSA) is 105 Å². The van der Waals surface area contributed by atoms with E-state index in [2.05, 4.69) is 15.6 Å². The Hall–Kier alpha value is -2.39. The van der Waals surface area contributed by atoms with Crippen molar-refractivity contribution in [2.24, 2.45) is 0 Å². The van der Waals surface area contributed by atoms with E-state index in [4.69, 9.17) is 0 Å². The molecular formula is C19H21N3O4S2. The van der Waals surface area contributed by atoms with Gasteiger partial charge in [0, 0.05) is 30.3 Å². The second-order valence-corrected chi connectivity index (χ2v) is 9.72. The molecule has 0 saturated heterocycles. The Labute approximate surface area is 168 Å². The quantitative estimate of drug-likeness (QED) is 0.714. The Kier molecular flexibility index (Phi) is 6.35. The predicted octanol–water partition coefficient (Wildman–Crippen LogP) is 2.38. The Balaban J connectivity index is 1.61. The molecule has 0 fully saturated rings. The van der Waals surface area contributed by atoms with Crippen LogP contribution in [0.5, 0.6) is 0 Å².